The van der Waals surface area contributed by atoms with Crippen molar-refractivity contribution in [2.75, 3.05) is 12.4 Å². The SMILES string of the molecule is CCCOC(=O)CS(=O)(=O)Cc1ccccc1C(N)=S. The number of sulfone groups is 1. The second kappa shape index (κ2) is 7.35. The summed E-state index contributed by atoms with van der Waals surface area (Å²) in [4.78, 5) is 11.5. The third-order valence-electron chi connectivity index (χ3n) is 2.46. The van der Waals surface area contributed by atoms with E-state index in [4.69, 9.17) is 22.7 Å². The molecular formula is C13H17NO4S2. The van der Waals surface area contributed by atoms with Gasteiger partial charge in [0.05, 0.1) is 12.4 Å². The van der Waals surface area contributed by atoms with Crippen LogP contribution in [0.2, 0.25) is 0 Å². The van der Waals surface area contributed by atoms with Crippen molar-refractivity contribution in [2.45, 2.75) is 19.1 Å². The highest BCUT2D eigenvalue weighted by Gasteiger charge is 2.20. The van der Waals surface area contributed by atoms with Crippen molar-refractivity contribution in [1.82, 2.24) is 0 Å². The van der Waals surface area contributed by atoms with E-state index in [0.29, 0.717) is 17.5 Å². The van der Waals surface area contributed by atoms with E-state index in [0.717, 1.165) is 0 Å². The molecule has 0 saturated carbocycles. The molecule has 0 heterocycles. The van der Waals surface area contributed by atoms with E-state index in [-0.39, 0.29) is 17.3 Å². The summed E-state index contributed by atoms with van der Waals surface area (Å²) < 4.78 is 28.7. The van der Waals surface area contributed by atoms with Gasteiger partial charge in [0, 0.05) is 5.56 Å². The first-order valence-electron chi connectivity index (χ1n) is 6.09. The van der Waals surface area contributed by atoms with Gasteiger partial charge >= 0.3 is 5.97 Å². The molecule has 110 valence electrons. The van der Waals surface area contributed by atoms with Crippen LogP contribution < -0.4 is 5.73 Å². The van der Waals surface area contributed by atoms with Gasteiger partial charge in [-0.25, -0.2) is 8.42 Å². The van der Waals surface area contributed by atoms with Crippen LogP contribution in [-0.4, -0.2) is 31.7 Å². The fourth-order valence-electron chi connectivity index (χ4n) is 1.61. The van der Waals surface area contributed by atoms with Crippen molar-refractivity contribution in [1.29, 1.82) is 0 Å². The molecule has 1 aromatic rings. The van der Waals surface area contributed by atoms with Crippen molar-refractivity contribution in [3.05, 3.63) is 35.4 Å². The van der Waals surface area contributed by atoms with Crippen LogP contribution in [0.25, 0.3) is 0 Å². The van der Waals surface area contributed by atoms with Gasteiger partial charge in [-0.15, -0.1) is 0 Å². The standard InChI is InChI=1S/C13H17NO4S2/c1-2-7-18-12(15)9-20(16,17)8-10-5-3-4-6-11(10)13(14)19/h3-6H,2,7-9H2,1H3,(H2,14,19). The summed E-state index contributed by atoms with van der Waals surface area (Å²) in [7, 11) is -3.61. The van der Waals surface area contributed by atoms with Gasteiger partial charge in [0.25, 0.3) is 0 Å². The molecule has 0 radical (unpaired) electrons. The maximum absolute atomic E-state index is 12.0. The summed E-state index contributed by atoms with van der Waals surface area (Å²) in [5.41, 5.74) is 6.54. The van der Waals surface area contributed by atoms with Gasteiger partial charge in [-0.3, -0.25) is 4.79 Å². The molecule has 7 heteroatoms. The molecule has 0 fully saturated rings. The van der Waals surface area contributed by atoms with E-state index >= 15 is 0 Å². The van der Waals surface area contributed by atoms with Crippen LogP contribution in [-0.2, 0) is 25.1 Å². The summed E-state index contributed by atoms with van der Waals surface area (Å²) >= 11 is 4.88. The summed E-state index contributed by atoms with van der Waals surface area (Å²) in [6.45, 7) is 2.05. The topological polar surface area (TPSA) is 86.5 Å². The van der Waals surface area contributed by atoms with Crippen molar-refractivity contribution in [3.63, 3.8) is 0 Å². The van der Waals surface area contributed by atoms with Gasteiger partial charge in [-0.2, -0.15) is 0 Å². The molecule has 0 aromatic heterocycles. The number of rotatable bonds is 7. The molecule has 1 rings (SSSR count). The van der Waals surface area contributed by atoms with Crippen LogP contribution >= 0.6 is 12.2 Å². The highest BCUT2D eigenvalue weighted by atomic mass is 32.2. The Morgan fingerprint density at radius 1 is 1.35 bits per heavy atom. The lowest BCUT2D eigenvalue weighted by molar-refractivity contribution is -0.140. The van der Waals surface area contributed by atoms with Gasteiger partial charge in [-0.05, 0) is 12.0 Å². The zero-order valence-electron chi connectivity index (χ0n) is 11.2. The summed E-state index contributed by atoms with van der Waals surface area (Å²) in [5.74, 6) is -1.67. The lowest BCUT2D eigenvalue weighted by atomic mass is 10.1. The Kier molecular flexibility index (Phi) is 6.09. The molecule has 0 saturated heterocycles. The van der Waals surface area contributed by atoms with E-state index in [1.165, 1.54) is 0 Å². The highest BCUT2D eigenvalue weighted by molar-refractivity contribution is 7.91. The van der Waals surface area contributed by atoms with E-state index in [1.54, 1.807) is 24.3 Å². The normalized spacial score (nSPS) is 11.1. The Morgan fingerprint density at radius 3 is 2.60 bits per heavy atom. The number of benzene rings is 1. The molecule has 0 aliphatic carbocycles. The lowest BCUT2D eigenvalue weighted by Crippen LogP contribution is -2.22. The van der Waals surface area contributed by atoms with Gasteiger partial charge in [0.2, 0.25) is 0 Å². The average Bonchev–Trinajstić information content (AvgIpc) is 2.35. The summed E-state index contributed by atoms with van der Waals surface area (Å²) in [6.07, 6.45) is 0.649. The third kappa shape index (κ3) is 5.26. The number of carbonyl (C=O) groups is 1. The molecule has 0 bridgehead atoms. The number of hydrogen-bond donors (Lipinski definition) is 1. The number of ether oxygens (including phenoxy) is 1. The smallest absolute Gasteiger partial charge is 0.321 e. The van der Waals surface area contributed by atoms with Gasteiger partial charge < -0.3 is 10.5 Å². The lowest BCUT2D eigenvalue weighted by Gasteiger charge is -2.09. The van der Waals surface area contributed by atoms with Crippen LogP contribution in [0.15, 0.2) is 24.3 Å². The minimum Gasteiger partial charge on any atom is -0.465 e. The van der Waals surface area contributed by atoms with Crippen LogP contribution in [0.1, 0.15) is 24.5 Å². The Labute approximate surface area is 124 Å². The summed E-state index contributed by atoms with van der Waals surface area (Å²) in [5, 5.41) is 0. The predicted octanol–water partition coefficient (Wildman–Crippen LogP) is 1.19. The first-order chi connectivity index (χ1) is 9.35. The van der Waals surface area contributed by atoms with E-state index < -0.39 is 21.6 Å². The second-order valence-electron chi connectivity index (χ2n) is 4.27. The van der Waals surface area contributed by atoms with Crippen LogP contribution in [0.4, 0.5) is 0 Å². The predicted molar refractivity (Wildman–Crippen MR) is 81.1 cm³/mol. The molecule has 1 aromatic carbocycles. The Morgan fingerprint density at radius 2 is 2.00 bits per heavy atom. The molecule has 0 atom stereocenters. The molecular weight excluding hydrogens is 298 g/mol. The van der Waals surface area contributed by atoms with Gasteiger partial charge in [0.1, 0.15) is 10.7 Å². The Balaban J connectivity index is 2.81. The zero-order chi connectivity index (χ0) is 15.2. The largest absolute Gasteiger partial charge is 0.465 e. The van der Waals surface area contributed by atoms with Crippen LogP contribution in [0.5, 0.6) is 0 Å². The van der Waals surface area contributed by atoms with E-state index in [2.05, 4.69) is 0 Å². The molecule has 0 aliphatic rings. The molecule has 2 N–H and O–H groups in total. The second-order valence-corrected chi connectivity index (χ2v) is 6.78. The van der Waals surface area contributed by atoms with E-state index in [1.807, 2.05) is 6.92 Å². The number of carbonyl (C=O) groups excluding carboxylic acids is 1. The number of thiocarbonyl (C=S) groups is 1. The fourth-order valence-corrected chi connectivity index (χ4v) is 3.08. The maximum atomic E-state index is 12.0. The third-order valence-corrected chi connectivity index (χ3v) is 4.11. The minimum atomic E-state index is -3.61. The number of esters is 1. The first kappa shape index (κ1) is 16.6. The van der Waals surface area contributed by atoms with Crippen molar-refractivity contribution in [2.24, 2.45) is 5.73 Å². The summed E-state index contributed by atoms with van der Waals surface area (Å²) in [6, 6.07) is 6.70. The zero-order valence-corrected chi connectivity index (χ0v) is 12.8. The maximum Gasteiger partial charge on any atom is 0.321 e. The van der Waals surface area contributed by atoms with Gasteiger partial charge in [0.15, 0.2) is 9.84 Å². The monoisotopic (exact) mass is 315 g/mol. The molecule has 5 nitrogen and oxygen atoms in total. The Bertz CT molecular complexity index is 596. The van der Waals surface area contributed by atoms with Crippen LogP contribution in [0, 0.1) is 0 Å². The molecule has 0 amide bonds. The molecule has 0 spiro atoms. The molecule has 0 aliphatic heterocycles. The fraction of sp³-hybridized carbons (Fsp3) is 0.385. The molecule has 0 unspecified atom stereocenters. The number of nitrogens with two attached hydrogens (primary N) is 1. The van der Waals surface area contributed by atoms with Gasteiger partial charge in [-0.1, -0.05) is 43.4 Å². The highest BCUT2D eigenvalue weighted by Crippen LogP contribution is 2.13. The number of hydrogen-bond acceptors (Lipinski definition) is 5. The average molecular weight is 315 g/mol. The van der Waals surface area contributed by atoms with Crippen LogP contribution in [0.3, 0.4) is 0 Å². The van der Waals surface area contributed by atoms with Crippen molar-refractivity contribution >= 4 is 33.0 Å². The quantitative estimate of drug-likeness (QED) is 0.601. The van der Waals surface area contributed by atoms with Crippen molar-refractivity contribution < 1.29 is 17.9 Å². The Hall–Kier alpha value is -1.47. The first-order valence-corrected chi connectivity index (χ1v) is 8.32. The molecule has 20 heavy (non-hydrogen) atoms. The minimum absolute atomic E-state index is 0.129. The van der Waals surface area contributed by atoms with Crippen molar-refractivity contribution in [3.8, 4) is 0 Å². The van der Waals surface area contributed by atoms with E-state index in [9.17, 15) is 13.2 Å².